The van der Waals surface area contributed by atoms with E-state index in [-0.39, 0.29) is 17.8 Å². The van der Waals surface area contributed by atoms with Crippen LogP contribution < -0.4 is 21.1 Å². The van der Waals surface area contributed by atoms with Crippen molar-refractivity contribution in [3.05, 3.63) is 149 Å². The Balaban J connectivity index is 1.49. The van der Waals surface area contributed by atoms with Crippen LogP contribution in [0.1, 0.15) is 27.0 Å². The molecule has 4 aromatic rings. The third-order valence-electron chi connectivity index (χ3n) is 7.09. The number of nitrogens with one attached hydrogen (secondary N) is 1. The highest BCUT2D eigenvalue weighted by molar-refractivity contribution is 6.05. The van der Waals surface area contributed by atoms with Crippen LogP contribution in [0.15, 0.2) is 127 Å². The fourth-order valence-electron chi connectivity index (χ4n) is 4.83. The molecule has 0 bridgehead atoms. The van der Waals surface area contributed by atoms with Gasteiger partial charge in [0.1, 0.15) is 0 Å². The maximum absolute atomic E-state index is 13.6. The highest BCUT2D eigenvalue weighted by Crippen LogP contribution is 2.35. The fourth-order valence-corrected chi connectivity index (χ4v) is 4.83. The zero-order valence-electron chi connectivity index (χ0n) is 23.6. The predicted octanol–water partition coefficient (Wildman–Crippen LogP) is 7.13. The van der Waals surface area contributed by atoms with E-state index in [2.05, 4.69) is 10.4 Å². The Morgan fingerprint density at radius 1 is 0.867 bits per heavy atom. The highest BCUT2D eigenvalue weighted by Gasteiger charge is 2.33. The number of pyridine rings is 1. The molecule has 3 aromatic carbocycles. The second-order valence-electron chi connectivity index (χ2n) is 10.2. The number of alkyl halides is 6. The Morgan fingerprint density at radius 2 is 1.51 bits per heavy atom. The maximum Gasteiger partial charge on any atom is 0.416 e. The molecule has 1 atom stereocenters. The molecule has 1 aliphatic rings. The van der Waals surface area contributed by atoms with Crippen LogP contribution in [0.2, 0.25) is 0 Å². The Hall–Kier alpha value is -4.94. The lowest BCUT2D eigenvalue weighted by Gasteiger charge is -2.34. The topological polar surface area (TPSA) is 74.5 Å². The van der Waals surface area contributed by atoms with Crippen molar-refractivity contribution in [3.8, 4) is 0 Å². The van der Waals surface area contributed by atoms with Crippen molar-refractivity contribution in [2.75, 3.05) is 16.5 Å². The summed E-state index contributed by atoms with van der Waals surface area (Å²) in [6, 6.07) is 20.8. The van der Waals surface area contributed by atoms with Crippen molar-refractivity contribution >= 4 is 17.3 Å². The first-order valence-electron chi connectivity index (χ1n) is 13.7. The molecule has 45 heavy (non-hydrogen) atoms. The molecule has 2 heterocycles. The van der Waals surface area contributed by atoms with E-state index in [1.54, 1.807) is 65.8 Å². The number of hydrogen-bond donors (Lipinski definition) is 2. The van der Waals surface area contributed by atoms with Gasteiger partial charge in [0.25, 0.3) is 5.91 Å². The largest absolute Gasteiger partial charge is 0.416 e. The second-order valence-corrected chi connectivity index (χ2v) is 10.2. The Morgan fingerprint density at radius 3 is 2.18 bits per heavy atom. The molecule has 0 saturated heterocycles. The minimum atomic E-state index is -4.65. The van der Waals surface area contributed by atoms with Crippen LogP contribution >= 0.6 is 0 Å². The van der Waals surface area contributed by atoms with E-state index in [9.17, 15) is 31.1 Å². The molecule has 232 valence electrons. The monoisotopic (exact) mass is 623 g/mol. The van der Waals surface area contributed by atoms with Crippen molar-refractivity contribution in [1.29, 1.82) is 0 Å². The van der Waals surface area contributed by atoms with Gasteiger partial charge in [-0.05, 0) is 77.9 Å². The molecular formula is C33H27F6N5O. The summed E-state index contributed by atoms with van der Waals surface area (Å²) in [5.74, 6) is -0.645. The van der Waals surface area contributed by atoms with Gasteiger partial charge in [-0.2, -0.15) is 26.3 Å². The van der Waals surface area contributed by atoms with E-state index in [1.165, 1.54) is 30.3 Å². The summed E-state index contributed by atoms with van der Waals surface area (Å²) in [6.07, 6.45) is -3.40. The number of aromatic nitrogens is 1. The highest BCUT2D eigenvalue weighted by atomic mass is 19.4. The van der Waals surface area contributed by atoms with Crippen molar-refractivity contribution in [1.82, 2.24) is 10.4 Å². The van der Waals surface area contributed by atoms with E-state index in [0.717, 1.165) is 34.8 Å². The molecule has 12 heteroatoms. The normalized spacial score (nSPS) is 14.4. The van der Waals surface area contributed by atoms with Crippen LogP contribution in [0.5, 0.6) is 0 Å². The number of nitrogens with zero attached hydrogens (tertiary/aromatic N) is 3. The number of allylic oxidation sites excluding steroid dienone is 1. The molecule has 6 nitrogen and oxygen atoms in total. The van der Waals surface area contributed by atoms with Gasteiger partial charge in [0, 0.05) is 42.3 Å². The smallest absolute Gasteiger partial charge is 0.341 e. The Bertz CT molecular complexity index is 1700. The average Bonchev–Trinajstić information content (AvgIpc) is 3.03. The van der Waals surface area contributed by atoms with Gasteiger partial charge in [-0.1, -0.05) is 36.4 Å². The van der Waals surface area contributed by atoms with Gasteiger partial charge >= 0.3 is 12.4 Å². The first-order valence-corrected chi connectivity index (χ1v) is 13.7. The first-order chi connectivity index (χ1) is 21.4. The van der Waals surface area contributed by atoms with E-state index in [1.807, 2.05) is 0 Å². The Kier molecular flexibility index (Phi) is 9.07. The minimum Gasteiger partial charge on any atom is -0.341 e. The van der Waals surface area contributed by atoms with Crippen LogP contribution in [0.3, 0.4) is 0 Å². The number of halogens is 6. The van der Waals surface area contributed by atoms with Crippen molar-refractivity contribution < 1.29 is 31.1 Å². The standard InChI is InChI=1S/C33H27F6N5O/c34-32(35,36)25-8-4-10-27(20-25)43-17-14-24(19-29(43)18-22-12-15-41-16-13-22)30(40)42-44(31(45)23-6-2-1-3-7-23)28-11-5-9-26(21-28)33(37,38)39/h1-16,19-21,30,42H,17-18,40H2. The minimum absolute atomic E-state index is 0.0860. The second kappa shape index (κ2) is 13.0. The summed E-state index contributed by atoms with van der Waals surface area (Å²) in [4.78, 5) is 19.3. The molecule has 0 fully saturated rings. The SMILES string of the molecule is NC(NN(C(=O)c1ccccc1)c1cccc(C(F)(F)F)c1)C1=CCN(c2cccc(C(F)(F)F)c2)C(Cc2ccncc2)=C1. The third kappa shape index (κ3) is 7.59. The molecule has 3 N–H and O–H groups in total. The number of rotatable bonds is 8. The van der Waals surface area contributed by atoms with Gasteiger partial charge in [0.2, 0.25) is 0 Å². The molecular weight excluding hydrogens is 596 g/mol. The fraction of sp³-hybridized carbons (Fsp3) is 0.152. The van der Waals surface area contributed by atoms with Crippen molar-refractivity contribution in [3.63, 3.8) is 0 Å². The summed E-state index contributed by atoms with van der Waals surface area (Å²) in [5, 5.41) is 0.964. The average molecular weight is 624 g/mol. The van der Waals surface area contributed by atoms with Gasteiger partial charge in [-0.15, -0.1) is 0 Å². The molecule has 5 rings (SSSR count). The molecule has 0 spiro atoms. The summed E-state index contributed by atoms with van der Waals surface area (Å²) in [7, 11) is 0. The number of anilines is 2. The van der Waals surface area contributed by atoms with Gasteiger partial charge in [0.15, 0.2) is 0 Å². The number of amides is 1. The molecule has 1 aliphatic heterocycles. The van der Waals surface area contributed by atoms with Crippen LogP contribution in [-0.4, -0.2) is 23.6 Å². The first kappa shape index (κ1) is 31.5. The summed E-state index contributed by atoms with van der Waals surface area (Å²) >= 11 is 0. The maximum atomic E-state index is 13.6. The zero-order chi connectivity index (χ0) is 32.2. The number of hydrazine groups is 1. The lowest BCUT2D eigenvalue weighted by molar-refractivity contribution is -0.138. The van der Waals surface area contributed by atoms with Gasteiger partial charge in [0.05, 0.1) is 23.0 Å². The van der Waals surface area contributed by atoms with Crippen LogP contribution in [0.4, 0.5) is 37.7 Å². The van der Waals surface area contributed by atoms with E-state index < -0.39 is 35.6 Å². The molecule has 0 radical (unpaired) electrons. The number of nitrogens with two attached hydrogens (primary N) is 1. The van der Waals surface area contributed by atoms with E-state index in [4.69, 9.17) is 5.73 Å². The van der Waals surface area contributed by atoms with Crippen LogP contribution in [0.25, 0.3) is 0 Å². The van der Waals surface area contributed by atoms with E-state index >= 15 is 0 Å². The van der Waals surface area contributed by atoms with Crippen LogP contribution in [0, 0.1) is 0 Å². The number of carbonyl (C=O) groups is 1. The zero-order valence-corrected chi connectivity index (χ0v) is 23.6. The van der Waals surface area contributed by atoms with Gasteiger partial charge in [-0.3, -0.25) is 9.78 Å². The number of benzene rings is 3. The number of hydrogen-bond acceptors (Lipinski definition) is 5. The summed E-state index contributed by atoms with van der Waals surface area (Å²) in [6.45, 7) is 0.138. The Labute approximate surface area is 255 Å². The third-order valence-corrected chi connectivity index (χ3v) is 7.09. The molecule has 1 aromatic heterocycles. The quantitative estimate of drug-likeness (QED) is 0.124. The molecule has 1 amide bonds. The van der Waals surface area contributed by atoms with Gasteiger partial charge in [-0.25, -0.2) is 10.4 Å². The van der Waals surface area contributed by atoms with Gasteiger partial charge < -0.3 is 10.6 Å². The van der Waals surface area contributed by atoms with Crippen LogP contribution in [-0.2, 0) is 18.8 Å². The molecule has 0 saturated carbocycles. The van der Waals surface area contributed by atoms with Crippen molar-refractivity contribution in [2.24, 2.45) is 5.73 Å². The summed E-state index contributed by atoms with van der Waals surface area (Å²) in [5.41, 5.74) is 9.98. The van der Waals surface area contributed by atoms with E-state index in [0.29, 0.717) is 23.4 Å². The lowest BCUT2D eigenvalue weighted by atomic mass is 10.0. The summed E-state index contributed by atoms with van der Waals surface area (Å²) < 4.78 is 81.2. The van der Waals surface area contributed by atoms with Crippen molar-refractivity contribution in [2.45, 2.75) is 24.9 Å². The molecule has 1 unspecified atom stereocenters. The lowest BCUT2D eigenvalue weighted by Crippen LogP contribution is -2.53. The predicted molar refractivity (Wildman–Crippen MR) is 159 cm³/mol. The molecule has 0 aliphatic carbocycles. The number of carbonyl (C=O) groups excluding carboxylic acids is 1.